The highest BCUT2D eigenvalue weighted by atomic mass is 16.5. The van der Waals surface area contributed by atoms with Crippen LogP contribution in [-0.2, 0) is 0 Å². The molecule has 1 N–H and O–H groups in total. The van der Waals surface area contributed by atoms with Crippen molar-refractivity contribution in [3.8, 4) is 5.88 Å². The molecule has 0 radical (unpaired) electrons. The standard InChI is InChI=1S/C13H21N3O/c1-3-17-13-12(5-4-6-15-13)11(2)16-9-7-14-8-10-16/h4-6,11,14H,3,7-10H2,1-2H3. The summed E-state index contributed by atoms with van der Waals surface area (Å²) in [6.45, 7) is 9.18. The second kappa shape index (κ2) is 5.98. The summed E-state index contributed by atoms with van der Waals surface area (Å²) in [6.07, 6.45) is 1.79. The van der Waals surface area contributed by atoms with Gasteiger partial charge in [-0.2, -0.15) is 0 Å². The molecule has 0 saturated carbocycles. The summed E-state index contributed by atoms with van der Waals surface area (Å²) < 4.78 is 5.60. The SMILES string of the molecule is CCOc1ncccc1C(C)N1CCNCC1. The number of piperazine rings is 1. The van der Waals surface area contributed by atoms with Gasteiger partial charge in [0.05, 0.1) is 6.61 Å². The monoisotopic (exact) mass is 235 g/mol. The van der Waals surface area contributed by atoms with Gasteiger partial charge in [-0.05, 0) is 19.9 Å². The zero-order valence-electron chi connectivity index (χ0n) is 10.6. The normalized spacial score (nSPS) is 18.9. The summed E-state index contributed by atoms with van der Waals surface area (Å²) in [7, 11) is 0. The Bertz CT molecular complexity index is 350. The predicted molar refractivity (Wildman–Crippen MR) is 68.3 cm³/mol. The summed E-state index contributed by atoms with van der Waals surface area (Å²) in [5.41, 5.74) is 1.19. The third-order valence-electron chi connectivity index (χ3n) is 3.23. The Balaban J connectivity index is 2.14. The highest BCUT2D eigenvalue weighted by Crippen LogP contribution is 2.27. The van der Waals surface area contributed by atoms with Crippen LogP contribution in [0.4, 0.5) is 0 Å². The molecule has 0 aliphatic carbocycles. The van der Waals surface area contributed by atoms with Crippen LogP contribution < -0.4 is 10.1 Å². The minimum atomic E-state index is 0.368. The number of ether oxygens (including phenoxy) is 1. The van der Waals surface area contributed by atoms with Gasteiger partial charge < -0.3 is 10.1 Å². The van der Waals surface area contributed by atoms with E-state index < -0.39 is 0 Å². The largest absolute Gasteiger partial charge is 0.478 e. The van der Waals surface area contributed by atoms with Crippen LogP contribution in [0.3, 0.4) is 0 Å². The van der Waals surface area contributed by atoms with Crippen molar-refractivity contribution in [3.63, 3.8) is 0 Å². The lowest BCUT2D eigenvalue weighted by molar-refractivity contribution is 0.180. The Morgan fingerprint density at radius 3 is 2.94 bits per heavy atom. The maximum absolute atomic E-state index is 5.60. The third-order valence-corrected chi connectivity index (χ3v) is 3.23. The number of pyridine rings is 1. The van der Waals surface area contributed by atoms with Gasteiger partial charge in [-0.15, -0.1) is 0 Å². The van der Waals surface area contributed by atoms with Gasteiger partial charge in [-0.1, -0.05) is 6.07 Å². The number of aromatic nitrogens is 1. The highest BCUT2D eigenvalue weighted by Gasteiger charge is 2.21. The molecule has 17 heavy (non-hydrogen) atoms. The van der Waals surface area contributed by atoms with Crippen LogP contribution in [0.2, 0.25) is 0 Å². The first kappa shape index (κ1) is 12.3. The highest BCUT2D eigenvalue weighted by molar-refractivity contribution is 5.28. The van der Waals surface area contributed by atoms with Crippen LogP contribution in [0.1, 0.15) is 25.5 Å². The van der Waals surface area contributed by atoms with Crippen molar-refractivity contribution < 1.29 is 4.74 Å². The second-order valence-corrected chi connectivity index (χ2v) is 4.29. The van der Waals surface area contributed by atoms with Crippen LogP contribution >= 0.6 is 0 Å². The van der Waals surface area contributed by atoms with Gasteiger partial charge in [-0.3, -0.25) is 4.90 Å². The average molecular weight is 235 g/mol. The fraction of sp³-hybridized carbons (Fsp3) is 0.615. The zero-order valence-corrected chi connectivity index (χ0v) is 10.6. The van der Waals surface area contributed by atoms with Crippen molar-refractivity contribution in [1.82, 2.24) is 15.2 Å². The summed E-state index contributed by atoms with van der Waals surface area (Å²) in [5, 5.41) is 3.37. The Labute approximate surface area is 103 Å². The Hall–Kier alpha value is -1.13. The molecule has 1 unspecified atom stereocenters. The van der Waals surface area contributed by atoms with E-state index in [0.717, 1.165) is 32.1 Å². The lowest BCUT2D eigenvalue weighted by Crippen LogP contribution is -2.44. The lowest BCUT2D eigenvalue weighted by Gasteiger charge is -2.33. The smallest absolute Gasteiger partial charge is 0.218 e. The molecule has 0 amide bonds. The minimum Gasteiger partial charge on any atom is -0.478 e. The van der Waals surface area contributed by atoms with Gasteiger partial charge in [0, 0.05) is 44.0 Å². The maximum atomic E-state index is 5.60. The van der Waals surface area contributed by atoms with Crippen molar-refractivity contribution in [3.05, 3.63) is 23.9 Å². The Morgan fingerprint density at radius 1 is 1.47 bits per heavy atom. The summed E-state index contributed by atoms with van der Waals surface area (Å²) >= 11 is 0. The van der Waals surface area contributed by atoms with Crippen molar-refractivity contribution in [2.75, 3.05) is 32.8 Å². The first-order chi connectivity index (χ1) is 8.33. The zero-order chi connectivity index (χ0) is 12.1. The van der Waals surface area contributed by atoms with E-state index in [-0.39, 0.29) is 0 Å². The molecule has 1 atom stereocenters. The van der Waals surface area contributed by atoms with Crippen LogP contribution in [0, 0.1) is 0 Å². The molecule has 1 aliphatic heterocycles. The van der Waals surface area contributed by atoms with Crippen molar-refractivity contribution in [2.45, 2.75) is 19.9 Å². The van der Waals surface area contributed by atoms with E-state index in [4.69, 9.17) is 4.74 Å². The van der Waals surface area contributed by atoms with E-state index in [1.807, 2.05) is 13.0 Å². The number of hydrogen-bond acceptors (Lipinski definition) is 4. The Morgan fingerprint density at radius 2 is 2.24 bits per heavy atom. The maximum Gasteiger partial charge on any atom is 0.218 e. The van der Waals surface area contributed by atoms with Gasteiger partial charge in [0.15, 0.2) is 0 Å². The van der Waals surface area contributed by atoms with E-state index in [9.17, 15) is 0 Å². The Kier molecular flexibility index (Phi) is 4.34. The summed E-state index contributed by atoms with van der Waals surface area (Å²) in [5.74, 6) is 0.779. The van der Waals surface area contributed by atoms with Crippen LogP contribution in [-0.4, -0.2) is 42.7 Å². The number of rotatable bonds is 4. The topological polar surface area (TPSA) is 37.4 Å². The minimum absolute atomic E-state index is 0.368. The fourth-order valence-corrected chi connectivity index (χ4v) is 2.24. The molecular formula is C13H21N3O. The van der Waals surface area contributed by atoms with Crippen molar-refractivity contribution in [1.29, 1.82) is 0 Å². The van der Waals surface area contributed by atoms with Crippen molar-refractivity contribution >= 4 is 0 Å². The number of nitrogens with one attached hydrogen (secondary N) is 1. The van der Waals surface area contributed by atoms with Gasteiger partial charge in [0.25, 0.3) is 0 Å². The van der Waals surface area contributed by atoms with Gasteiger partial charge in [0.2, 0.25) is 5.88 Å². The van der Waals surface area contributed by atoms with E-state index in [1.165, 1.54) is 5.56 Å². The molecule has 0 spiro atoms. The molecule has 1 aromatic heterocycles. The molecule has 1 aliphatic rings. The van der Waals surface area contributed by atoms with Crippen molar-refractivity contribution in [2.24, 2.45) is 0 Å². The van der Waals surface area contributed by atoms with Crippen LogP contribution in [0.25, 0.3) is 0 Å². The van der Waals surface area contributed by atoms with Crippen LogP contribution in [0.15, 0.2) is 18.3 Å². The molecule has 0 aromatic carbocycles. The average Bonchev–Trinajstić information content (AvgIpc) is 2.40. The molecule has 1 aromatic rings. The van der Waals surface area contributed by atoms with E-state index in [2.05, 4.69) is 28.2 Å². The van der Waals surface area contributed by atoms with Crippen LogP contribution in [0.5, 0.6) is 5.88 Å². The number of nitrogens with zero attached hydrogens (tertiary/aromatic N) is 2. The lowest BCUT2D eigenvalue weighted by atomic mass is 10.1. The second-order valence-electron chi connectivity index (χ2n) is 4.29. The first-order valence-corrected chi connectivity index (χ1v) is 6.35. The quantitative estimate of drug-likeness (QED) is 0.857. The molecule has 2 heterocycles. The van der Waals surface area contributed by atoms with Gasteiger partial charge in [-0.25, -0.2) is 4.98 Å². The molecule has 2 rings (SSSR count). The van der Waals surface area contributed by atoms with Gasteiger partial charge >= 0.3 is 0 Å². The third kappa shape index (κ3) is 2.96. The first-order valence-electron chi connectivity index (χ1n) is 6.35. The predicted octanol–water partition coefficient (Wildman–Crippen LogP) is 1.45. The van der Waals surface area contributed by atoms with E-state index in [1.54, 1.807) is 6.20 Å². The molecule has 4 heteroatoms. The van der Waals surface area contributed by atoms with Gasteiger partial charge in [0.1, 0.15) is 0 Å². The number of hydrogen-bond donors (Lipinski definition) is 1. The summed E-state index contributed by atoms with van der Waals surface area (Å²) in [4.78, 5) is 6.79. The molecule has 94 valence electrons. The molecule has 1 fully saturated rings. The fourth-order valence-electron chi connectivity index (χ4n) is 2.24. The summed E-state index contributed by atoms with van der Waals surface area (Å²) in [6, 6.07) is 4.47. The molecule has 0 bridgehead atoms. The molecule has 4 nitrogen and oxygen atoms in total. The molecule has 1 saturated heterocycles. The van der Waals surface area contributed by atoms with E-state index >= 15 is 0 Å². The molecular weight excluding hydrogens is 214 g/mol. The van der Waals surface area contributed by atoms with E-state index in [0.29, 0.717) is 12.6 Å².